The molecule has 0 amide bonds. The molecule has 1 atom stereocenters. The summed E-state index contributed by atoms with van der Waals surface area (Å²) < 4.78 is 0. The van der Waals surface area contributed by atoms with Gasteiger partial charge in [0.15, 0.2) is 0 Å². The van der Waals surface area contributed by atoms with E-state index < -0.39 is 0 Å². The molecule has 2 aromatic rings. The van der Waals surface area contributed by atoms with Crippen molar-refractivity contribution >= 4 is 35.0 Å². The lowest BCUT2D eigenvalue weighted by molar-refractivity contribution is 0.606. The zero-order valence-electron chi connectivity index (χ0n) is 12.2. The standard InChI is InChI=1S/C17H19Cl2NS/c1-3-20-16(13-9-8-12(2)15(19)10-13)11-21-17-7-5-4-6-14(17)18/h4-10,16,20H,3,11H2,1-2H3. The van der Waals surface area contributed by atoms with Crippen molar-refractivity contribution in [2.75, 3.05) is 12.3 Å². The molecule has 0 aliphatic rings. The van der Waals surface area contributed by atoms with E-state index in [9.17, 15) is 0 Å². The molecule has 0 saturated heterocycles. The third-order valence-electron chi connectivity index (χ3n) is 3.29. The van der Waals surface area contributed by atoms with Gasteiger partial charge in [-0.2, -0.15) is 0 Å². The van der Waals surface area contributed by atoms with E-state index in [1.54, 1.807) is 11.8 Å². The second-order valence-corrected chi connectivity index (χ2v) is 6.74. The van der Waals surface area contributed by atoms with Crippen LogP contribution in [0.2, 0.25) is 10.0 Å². The Balaban J connectivity index is 2.12. The minimum atomic E-state index is 0.259. The third-order valence-corrected chi connectivity index (χ3v) is 5.31. The molecule has 0 fully saturated rings. The summed E-state index contributed by atoms with van der Waals surface area (Å²) in [7, 11) is 0. The van der Waals surface area contributed by atoms with Crippen LogP contribution in [0.4, 0.5) is 0 Å². The van der Waals surface area contributed by atoms with E-state index in [1.165, 1.54) is 5.56 Å². The molecule has 0 spiro atoms. The maximum atomic E-state index is 6.24. The van der Waals surface area contributed by atoms with E-state index in [-0.39, 0.29) is 6.04 Å². The SMILES string of the molecule is CCNC(CSc1ccccc1Cl)c1ccc(C)c(Cl)c1. The highest BCUT2D eigenvalue weighted by atomic mass is 35.5. The fourth-order valence-electron chi connectivity index (χ4n) is 2.08. The van der Waals surface area contributed by atoms with Gasteiger partial charge in [0.25, 0.3) is 0 Å². The van der Waals surface area contributed by atoms with Crippen LogP contribution >= 0.6 is 35.0 Å². The zero-order chi connectivity index (χ0) is 15.2. The lowest BCUT2D eigenvalue weighted by Gasteiger charge is -2.19. The normalized spacial score (nSPS) is 12.4. The molecular weight excluding hydrogens is 321 g/mol. The van der Waals surface area contributed by atoms with Crippen molar-refractivity contribution in [1.29, 1.82) is 0 Å². The van der Waals surface area contributed by atoms with Crippen LogP contribution in [0.5, 0.6) is 0 Å². The second-order valence-electron chi connectivity index (χ2n) is 4.86. The summed E-state index contributed by atoms with van der Waals surface area (Å²) in [5.74, 6) is 0.914. The highest BCUT2D eigenvalue weighted by Crippen LogP contribution is 2.31. The van der Waals surface area contributed by atoms with Gasteiger partial charge in [0, 0.05) is 21.7 Å². The van der Waals surface area contributed by atoms with Crippen LogP contribution in [0.1, 0.15) is 24.1 Å². The molecule has 1 unspecified atom stereocenters. The first-order valence-corrected chi connectivity index (χ1v) is 8.72. The monoisotopic (exact) mass is 339 g/mol. The zero-order valence-corrected chi connectivity index (χ0v) is 14.5. The minimum Gasteiger partial charge on any atom is -0.309 e. The molecule has 4 heteroatoms. The Morgan fingerprint density at radius 1 is 1.10 bits per heavy atom. The highest BCUT2D eigenvalue weighted by molar-refractivity contribution is 7.99. The Kier molecular flexibility index (Phi) is 6.43. The molecule has 0 bridgehead atoms. The molecule has 0 saturated carbocycles. The van der Waals surface area contributed by atoms with Gasteiger partial charge in [0.05, 0.1) is 5.02 Å². The van der Waals surface area contributed by atoms with E-state index in [1.807, 2.05) is 25.1 Å². The van der Waals surface area contributed by atoms with Gasteiger partial charge in [-0.15, -0.1) is 11.8 Å². The predicted octanol–water partition coefficient (Wildman–Crippen LogP) is 5.74. The largest absolute Gasteiger partial charge is 0.309 e. The van der Waals surface area contributed by atoms with Crippen LogP contribution < -0.4 is 5.32 Å². The molecular formula is C17H19Cl2NS. The summed E-state index contributed by atoms with van der Waals surface area (Å²) in [5.41, 5.74) is 2.32. The molecule has 0 radical (unpaired) electrons. The number of thioether (sulfide) groups is 1. The number of rotatable bonds is 6. The number of benzene rings is 2. The third kappa shape index (κ3) is 4.65. The molecule has 21 heavy (non-hydrogen) atoms. The average molecular weight is 340 g/mol. The van der Waals surface area contributed by atoms with Crippen molar-refractivity contribution in [3.63, 3.8) is 0 Å². The summed E-state index contributed by atoms with van der Waals surface area (Å²) in [6, 6.07) is 14.5. The molecule has 0 aliphatic heterocycles. The van der Waals surface area contributed by atoms with Gasteiger partial charge in [0.1, 0.15) is 0 Å². The van der Waals surface area contributed by atoms with Gasteiger partial charge in [-0.05, 0) is 42.8 Å². The predicted molar refractivity (Wildman–Crippen MR) is 94.8 cm³/mol. The Morgan fingerprint density at radius 2 is 1.86 bits per heavy atom. The van der Waals surface area contributed by atoms with Crippen LogP contribution in [-0.4, -0.2) is 12.3 Å². The number of halogens is 2. The summed E-state index contributed by atoms with van der Waals surface area (Å²) in [6.07, 6.45) is 0. The Bertz CT molecular complexity index is 601. The van der Waals surface area contributed by atoms with E-state index in [2.05, 4.69) is 36.5 Å². The maximum absolute atomic E-state index is 6.24. The van der Waals surface area contributed by atoms with Gasteiger partial charge in [-0.1, -0.05) is 54.4 Å². The van der Waals surface area contributed by atoms with Crippen LogP contribution in [0.25, 0.3) is 0 Å². The van der Waals surface area contributed by atoms with Crippen LogP contribution in [0.15, 0.2) is 47.4 Å². The summed E-state index contributed by atoms with van der Waals surface area (Å²) >= 11 is 14.2. The summed E-state index contributed by atoms with van der Waals surface area (Å²) in [5, 5.41) is 5.14. The first-order valence-electron chi connectivity index (χ1n) is 6.98. The van der Waals surface area contributed by atoms with E-state index in [4.69, 9.17) is 23.2 Å². The summed E-state index contributed by atoms with van der Waals surface area (Å²) in [4.78, 5) is 1.11. The Hall–Kier alpha value is -0.670. The van der Waals surface area contributed by atoms with Gasteiger partial charge in [-0.3, -0.25) is 0 Å². The first-order chi connectivity index (χ1) is 10.1. The van der Waals surface area contributed by atoms with E-state index in [0.29, 0.717) is 0 Å². The van der Waals surface area contributed by atoms with Crippen LogP contribution in [0.3, 0.4) is 0 Å². The number of hydrogen-bond acceptors (Lipinski definition) is 2. The highest BCUT2D eigenvalue weighted by Gasteiger charge is 2.13. The van der Waals surface area contributed by atoms with E-state index >= 15 is 0 Å². The quantitative estimate of drug-likeness (QED) is 0.673. The molecule has 2 aromatic carbocycles. The smallest absolute Gasteiger partial charge is 0.0541 e. The number of aryl methyl sites for hydroxylation is 1. The minimum absolute atomic E-state index is 0.259. The first kappa shape index (κ1) is 16.7. The van der Waals surface area contributed by atoms with Crippen LogP contribution in [-0.2, 0) is 0 Å². The molecule has 1 N–H and O–H groups in total. The van der Waals surface area contributed by atoms with Crippen molar-refractivity contribution in [2.45, 2.75) is 24.8 Å². The molecule has 2 rings (SSSR count). The lowest BCUT2D eigenvalue weighted by Crippen LogP contribution is -2.23. The molecule has 1 nitrogen and oxygen atoms in total. The fourth-order valence-corrected chi connectivity index (χ4v) is 3.61. The van der Waals surface area contributed by atoms with Gasteiger partial charge in [0.2, 0.25) is 0 Å². The van der Waals surface area contributed by atoms with Gasteiger partial charge < -0.3 is 5.32 Å². The number of nitrogens with one attached hydrogen (secondary N) is 1. The molecule has 0 aliphatic carbocycles. The molecule has 0 aromatic heterocycles. The summed E-state index contributed by atoms with van der Waals surface area (Å²) in [6.45, 7) is 5.05. The van der Waals surface area contributed by atoms with Gasteiger partial charge in [-0.25, -0.2) is 0 Å². The lowest BCUT2D eigenvalue weighted by atomic mass is 10.1. The average Bonchev–Trinajstić information content (AvgIpc) is 2.48. The molecule has 0 heterocycles. The topological polar surface area (TPSA) is 12.0 Å². The van der Waals surface area contributed by atoms with Crippen molar-refractivity contribution in [1.82, 2.24) is 5.32 Å². The van der Waals surface area contributed by atoms with Crippen LogP contribution in [0, 0.1) is 6.92 Å². The van der Waals surface area contributed by atoms with Gasteiger partial charge >= 0.3 is 0 Å². The Labute approximate surface area is 141 Å². The van der Waals surface area contributed by atoms with Crippen molar-refractivity contribution in [2.24, 2.45) is 0 Å². The number of hydrogen-bond donors (Lipinski definition) is 1. The second kappa shape index (κ2) is 8.09. The van der Waals surface area contributed by atoms with E-state index in [0.717, 1.165) is 32.8 Å². The van der Waals surface area contributed by atoms with Crippen molar-refractivity contribution < 1.29 is 0 Å². The van der Waals surface area contributed by atoms with Crippen molar-refractivity contribution in [3.8, 4) is 0 Å². The Morgan fingerprint density at radius 3 is 2.52 bits per heavy atom. The fraction of sp³-hybridized carbons (Fsp3) is 0.294. The van der Waals surface area contributed by atoms with Crippen molar-refractivity contribution in [3.05, 3.63) is 63.6 Å². The molecule has 112 valence electrons. The maximum Gasteiger partial charge on any atom is 0.0541 e.